The van der Waals surface area contributed by atoms with Gasteiger partial charge in [0.1, 0.15) is 0 Å². The summed E-state index contributed by atoms with van der Waals surface area (Å²) in [6, 6.07) is 10.6. The van der Waals surface area contributed by atoms with E-state index in [2.05, 4.69) is 15.0 Å². The molecule has 2 rings (SSSR count). The van der Waals surface area contributed by atoms with Crippen molar-refractivity contribution >= 4 is 15.9 Å². The average Bonchev–Trinajstić information content (AvgIpc) is 2.54. The van der Waals surface area contributed by atoms with Crippen molar-refractivity contribution in [2.75, 3.05) is 7.05 Å². The van der Waals surface area contributed by atoms with Crippen LogP contribution in [-0.4, -0.2) is 26.4 Å². The summed E-state index contributed by atoms with van der Waals surface area (Å²) in [6.07, 6.45) is 1.54. The van der Waals surface area contributed by atoms with E-state index in [1.54, 1.807) is 36.4 Å². The Labute approximate surface area is 136 Å². The van der Waals surface area contributed by atoms with Gasteiger partial charge in [-0.25, -0.2) is 13.1 Å². The van der Waals surface area contributed by atoms with Crippen molar-refractivity contribution in [2.24, 2.45) is 0 Å². The molecule has 23 heavy (non-hydrogen) atoms. The zero-order chi connectivity index (χ0) is 16.9. The number of pyridine rings is 1. The molecule has 0 fully saturated rings. The van der Waals surface area contributed by atoms with Gasteiger partial charge in [0.2, 0.25) is 10.0 Å². The van der Waals surface area contributed by atoms with Gasteiger partial charge in [0, 0.05) is 18.4 Å². The largest absolute Gasteiger partial charge is 0.348 e. The molecule has 6 nitrogen and oxygen atoms in total. The third-order valence-electron chi connectivity index (χ3n) is 3.32. The highest BCUT2D eigenvalue weighted by atomic mass is 32.2. The first-order chi connectivity index (χ1) is 10.9. The van der Waals surface area contributed by atoms with E-state index in [0.29, 0.717) is 17.7 Å². The highest BCUT2D eigenvalue weighted by Crippen LogP contribution is 2.08. The van der Waals surface area contributed by atoms with Crippen LogP contribution in [0.4, 0.5) is 0 Å². The fourth-order valence-electron chi connectivity index (χ4n) is 1.93. The molecule has 0 aliphatic heterocycles. The van der Waals surface area contributed by atoms with Gasteiger partial charge >= 0.3 is 0 Å². The molecule has 7 heteroatoms. The molecule has 0 aliphatic carbocycles. The summed E-state index contributed by atoms with van der Waals surface area (Å²) in [7, 11) is -1.89. The Morgan fingerprint density at radius 2 is 1.74 bits per heavy atom. The average molecular weight is 333 g/mol. The second-order valence-corrected chi connectivity index (χ2v) is 7.08. The van der Waals surface area contributed by atoms with Crippen LogP contribution in [0.2, 0.25) is 0 Å². The Balaban J connectivity index is 1.93. The van der Waals surface area contributed by atoms with Gasteiger partial charge in [0.05, 0.1) is 11.3 Å². The van der Waals surface area contributed by atoms with Crippen LogP contribution in [0.3, 0.4) is 0 Å². The van der Waals surface area contributed by atoms with Gasteiger partial charge in [-0.05, 0) is 37.2 Å². The predicted octanol–water partition coefficient (Wildman–Crippen LogP) is 1.37. The summed E-state index contributed by atoms with van der Waals surface area (Å²) in [5, 5.41) is 2.80. The molecule has 0 saturated heterocycles. The second-order valence-electron chi connectivity index (χ2n) is 5.15. The number of aryl methyl sites for hydroxylation is 1. The first kappa shape index (κ1) is 17.1. The number of rotatable bonds is 6. The SMILES string of the molecule is CNS(=O)(=O)Cc1ccc(CNC(=O)c2ccc(C)nc2)cc1. The second kappa shape index (κ2) is 7.34. The summed E-state index contributed by atoms with van der Waals surface area (Å²) in [6.45, 7) is 2.23. The van der Waals surface area contributed by atoms with E-state index in [4.69, 9.17) is 0 Å². The highest BCUT2D eigenvalue weighted by molar-refractivity contribution is 7.88. The minimum absolute atomic E-state index is 0.0643. The van der Waals surface area contributed by atoms with Gasteiger partial charge in [0.25, 0.3) is 5.91 Å². The zero-order valence-corrected chi connectivity index (χ0v) is 13.9. The van der Waals surface area contributed by atoms with Gasteiger partial charge in [-0.15, -0.1) is 0 Å². The third kappa shape index (κ3) is 5.15. The van der Waals surface area contributed by atoms with Crippen LogP contribution in [0.15, 0.2) is 42.6 Å². The van der Waals surface area contributed by atoms with Crippen LogP contribution in [0.1, 0.15) is 27.2 Å². The number of carbonyl (C=O) groups excluding carboxylic acids is 1. The fourth-order valence-corrected chi connectivity index (χ4v) is 2.71. The van der Waals surface area contributed by atoms with E-state index in [9.17, 15) is 13.2 Å². The molecule has 122 valence electrons. The van der Waals surface area contributed by atoms with Crippen molar-refractivity contribution in [3.63, 3.8) is 0 Å². The monoisotopic (exact) mass is 333 g/mol. The lowest BCUT2D eigenvalue weighted by atomic mass is 10.1. The maximum atomic E-state index is 12.0. The van der Waals surface area contributed by atoms with Crippen LogP contribution in [0.5, 0.6) is 0 Å². The minimum atomic E-state index is -3.28. The molecule has 1 amide bonds. The molecule has 0 bridgehead atoms. The Morgan fingerprint density at radius 1 is 1.09 bits per heavy atom. The lowest BCUT2D eigenvalue weighted by molar-refractivity contribution is 0.0950. The molecule has 0 saturated carbocycles. The number of carbonyl (C=O) groups is 1. The predicted molar refractivity (Wildman–Crippen MR) is 88.3 cm³/mol. The van der Waals surface area contributed by atoms with Crippen LogP contribution in [0, 0.1) is 6.92 Å². The number of hydrogen-bond donors (Lipinski definition) is 2. The van der Waals surface area contributed by atoms with E-state index in [-0.39, 0.29) is 11.7 Å². The molecule has 1 heterocycles. The van der Waals surface area contributed by atoms with Crippen molar-refractivity contribution < 1.29 is 13.2 Å². The lowest BCUT2D eigenvalue weighted by Crippen LogP contribution is -2.23. The number of amides is 1. The molecule has 0 atom stereocenters. The molecule has 0 unspecified atom stereocenters. The smallest absolute Gasteiger partial charge is 0.253 e. The lowest BCUT2D eigenvalue weighted by Gasteiger charge is -2.07. The minimum Gasteiger partial charge on any atom is -0.348 e. The van der Waals surface area contributed by atoms with Crippen LogP contribution in [0.25, 0.3) is 0 Å². The quantitative estimate of drug-likeness (QED) is 0.836. The van der Waals surface area contributed by atoms with Gasteiger partial charge < -0.3 is 5.32 Å². The van der Waals surface area contributed by atoms with Crippen LogP contribution >= 0.6 is 0 Å². The van der Waals surface area contributed by atoms with Gasteiger partial charge in [-0.1, -0.05) is 24.3 Å². The van der Waals surface area contributed by atoms with E-state index >= 15 is 0 Å². The number of sulfonamides is 1. The number of nitrogens with one attached hydrogen (secondary N) is 2. The van der Waals surface area contributed by atoms with Crippen molar-refractivity contribution in [3.05, 3.63) is 65.0 Å². The number of benzene rings is 1. The summed E-state index contributed by atoms with van der Waals surface area (Å²) in [4.78, 5) is 16.1. The molecule has 2 aromatic rings. The Hall–Kier alpha value is -2.25. The highest BCUT2D eigenvalue weighted by Gasteiger charge is 2.09. The maximum Gasteiger partial charge on any atom is 0.253 e. The summed E-state index contributed by atoms with van der Waals surface area (Å²) in [5.74, 6) is -0.259. The number of nitrogens with zero attached hydrogens (tertiary/aromatic N) is 1. The van der Waals surface area contributed by atoms with Crippen molar-refractivity contribution in [2.45, 2.75) is 19.2 Å². The Morgan fingerprint density at radius 3 is 2.30 bits per heavy atom. The molecular formula is C16H19N3O3S. The van der Waals surface area contributed by atoms with Crippen molar-refractivity contribution in [3.8, 4) is 0 Å². The van der Waals surface area contributed by atoms with Gasteiger partial charge in [-0.2, -0.15) is 0 Å². The summed E-state index contributed by atoms with van der Waals surface area (Å²) >= 11 is 0. The topological polar surface area (TPSA) is 88.2 Å². The van der Waals surface area contributed by atoms with Crippen molar-refractivity contribution in [1.29, 1.82) is 0 Å². The fraction of sp³-hybridized carbons (Fsp3) is 0.250. The van der Waals surface area contributed by atoms with Crippen LogP contribution < -0.4 is 10.0 Å². The normalized spacial score (nSPS) is 11.2. The summed E-state index contributed by atoms with van der Waals surface area (Å²) in [5.41, 5.74) is 2.95. The standard InChI is InChI=1S/C16H19N3O3S/c1-12-3-8-15(10-18-12)16(20)19-9-13-4-6-14(7-5-13)11-23(21,22)17-2/h3-8,10,17H,9,11H2,1-2H3,(H,19,20). The van der Waals surface area contributed by atoms with E-state index in [1.807, 2.05) is 6.92 Å². The Bertz CT molecular complexity index is 769. The van der Waals surface area contributed by atoms with E-state index < -0.39 is 10.0 Å². The molecule has 2 N–H and O–H groups in total. The molecule has 1 aromatic heterocycles. The first-order valence-corrected chi connectivity index (χ1v) is 8.75. The van der Waals surface area contributed by atoms with Crippen molar-refractivity contribution in [1.82, 2.24) is 15.0 Å². The summed E-state index contributed by atoms with van der Waals surface area (Å²) < 4.78 is 25.2. The van der Waals surface area contributed by atoms with E-state index in [0.717, 1.165) is 11.3 Å². The molecule has 0 aliphatic rings. The van der Waals surface area contributed by atoms with Gasteiger partial charge in [-0.3, -0.25) is 9.78 Å². The molecular weight excluding hydrogens is 314 g/mol. The maximum absolute atomic E-state index is 12.0. The van der Waals surface area contributed by atoms with E-state index in [1.165, 1.54) is 13.2 Å². The third-order valence-corrected chi connectivity index (χ3v) is 4.65. The zero-order valence-electron chi connectivity index (χ0n) is 13.0. The van der Waals surface area contributed by atoms with Crippen LogP contribution in [-0.2, 0) is 22.3 Å². The number of aromatic nitrogens is 1. The number of hydrogen-bond acceptors (Lipinski definition) is 4. The first-order valence-electron chi connectivity index (χ1n) is 7.09. The Kier molecular flexibility index (Phi) is 5.46. The molecule has 0 radical (unpaired) electrons. The van der Waals surface area contributed by atoms with Gasteiger partial charge in [0.15, 0.2) is 0 Å². The molecule has 0 spiro atoms. The molecule has 1 aromatic carbocycles.